The zero-order valence-electron chi connectivity index (χ0n) is 10.1. The number of pyridine rings is 1. The first kappa shape index (κ1) is 13.3. The Morgan fingerprint density at radius 2 is 2.18 bits per heavy atom. The number of rotatable bonds is 2. The van der Waals surface area contributed by atoms with Crippen LogP contribution in [0.1, 0.15) is 31.4 Å². The molecule has 0 amide bonds. The molecule has 1 unspecified atom stereocenters. The summed E-state index contributed by atoms with van der Waals surface area (Å²) in [6.45, 7) is 3.18. The van der Waals surface area contributed by atoms with Crippen LogP contribution in [0.15, 0.2) is 16.6 Å². The minimum atomic E-state index is 0.588. The predicted molar refractivity (Wildman–Crippen MR) is 80.1 cm³/mol. The Bertz CT molecular complexity index is 382. The summed E-state index contributed by atoms with van der Waals surface area (Å²) in [4.78, 5) is 7.15. The summed E-state index contributed by atoms with van der Waals surface area (Å²) in [7, 11) is 0. The monoisotopic (exact) mass is 360 g/mol. The molecule has 1 fully saturated rings. The fraction of sp³-hybridized carbons (Fsp3) is 0.615. The smallest absolute Gasteiger partial charge is 0.129 e. The highest BCUT2D eigenvalue weighted by molar-refractivity contribution is 9.10. The molecule has 0 radical (unpaired) electrons. The van der Waals surface area contributed by atoms with Crippen molar-refractivity contribution in [2.24, 2.45) is 0 Å². The van der Waals surface area contributed by atoms with Crippen molar-refractivity contribution in [3.63, 3.8) is 0 Å². The van der Waals surface area contributed by atoms with E-state index in [1.54, 1.807) is 0 Å². The maximum atomic E-state index is 4.69. The second kappa shape index (κ2) is 6.19. The lowest BCUT2D eigenvalue weighted by atomic mass is 10.1. The second-order valence-electron chi connectivity index (χ2n) is 4.59. The number of anilines is 1. The highest BCUT2D eigenvalue weighted by Crippen LogP contribution is 2.26. The van der Waals surface area contributed by atoms with E-state index in [2.05, 4.69) is 55.8 Å². The molecule has 4 heteroatoms. The summed E-state index contributed by atoms with van der Waals surface area (Å²) < 4.78 is 1.09. The molecule has 94 valence electrons. The molecule has 2 nitrogen and oxygen atoms in total. The molecule has 1 aliphatic rings. The van der Waals surface area contributed by atoms with Crippen molar-refractivity contribution in [3.05, 3.63) is 22.3 Å². The van der Waals surface area contributed by atoms with E-state index in [1.807, 2.05) is 0 Å². The van der Waals surface area contributed by atoms with Crippen LogP contribution in [-0.4, -0.2) is 22.9 Å². The molecule has 17 heavy (non-hydrogen) atoms. The Hall–Kier alpha value is -0.0900. The van der Waals surface area contributed by atoms with Crippen molar-refractivity contribution in [2.75, 3.05) is 16.8 Å². The van der Waals surface area contributed by atoms with E-state index in [9.17, 15) is 0 Å². The average molecular weight is 362 g/mol. The van der Waals surface area contributed by atoms with Crippen LogP contribution in [0.25, 0.3) is 0 Å². The molecule has 1 aromatic heterocycles. The SMILES string of the molecule is Cc1nc(N2CCCCCC2CBr)ccc1Br. The van der Waals surface area contributed by atoms with Gasteiger partial charge in [-0.25, -0.2) is 4.98 Å². The molecule has 2 heterocycles. The van der Waals surface area contributed by atoms with Crippen molar-refractivity contribution in [1.82, 2.24) is 4.98 Å². The fourth-order valence-corrected chi connectivity index (χ4v) is 3.22. The Morgan fingerprint density at radius 3 is 2.88 bits per heavy atom. The van der Waals surface area contributed by atoms with Gasteiger partial charge in [0.25, 0.3) is 0 Å². The second-order valence-corrected chi connectivity index (χ2v) is 6.09. The highest BCUT2D eigenvalue weighted by atomic mass is 79.9. The zero-order chi connectivity index (χ0) is 12.3. The van der Waals surface area contributed by atoms with Gasteiger partial charge in [-0.05, 0) is 47.8 Å². The first-order valence-corrected chi connectivity index (χ1v) is 8.09. The number of alkyl halides is 1. The summed E-state index contributed by atoms with van der Waals surface area (Å²) in [6.07, 6.45) is 5.22. The molecule has 1 saturated heterocycles. The molecule has 1 atom stereocenters. The lowest BCUT2D eigenvalue weighted by Crippen LogP contribution is -2.36. The topological polar surface area (TPSA) is 16.1 Å². The summed E-state index contributed by atoms with van der Waals surface area (Å²) in [5.74, 6) is 1.12. The van der Waals surface area contributed by atoms with Gasteiger partial charge in [-0.3, -0.25) is 0 Å². The van der Waals surface area contributed by atoms with Gasteiger partial charge >= 0.3 is 0 Å². The van der Waals surface area contributed by atoms with Crippen LogP contribution in [0.3, 0.4) is 0 Å². The maximum Gasteiger partial charge on any atom is 0.129 e. The Kier molecular flexibility index (Phi) is 4.86. The van der Waals surface area contributed by atoms with Gasteiger partial charge in [0.2, 0.25) is 0 Å². The van der Waals surface area contributed by atoms with E-state index in [-0.39, 0.29) is 0 Å². The molecule has 0 bridgehead atoms. The van der Waals surface area contributed by atoms with Crippen molar-refractivity contribution < 1.29 is 0 Å². The van der Waals surface area contributed by atoms with Crippen molar-refractivity contribution in [2.45, 2.75) is 38.6 Å². The minimum Gasteiger partial charge on any atom is -0.353 e. The Balaban J connectivity index is 2.25. The molecule has 1 aliphatic heterocycles. The van der Waals surface area contributed by atoms with E-state index in [0.717, 1.165) is 27.9 Å². The third-order valence-electron chi connectivity index (χ3n) is 3.36. The first-order valence-electron chi connectivity index (χ1n) is 6.18. The van der Waals surface area contributed by atoms with Crippen LogP contribution in [-0.2, 0) is 0 Å². The van der Waals surface area contributed by atoms with Crippen LogP contribution < -0.4 is 4.90 Å². The third kappa shape index (κ3) is 3.22. The molecular weight excluding hydrogens is 344 g/mol. The summed E-state index contributed by atoms with van der Waals surface area (Å²) >= 11 is 7.15. The van der Waals surface area contributed by atoms with Gasteiger partial charge in [0.1, 0.15) is 5.82 Å². The summed E-state index contributed by atoms with van der Waals surface area (Å²) in [6, 6.07) is 4.82. The van der Waals surface area contributed by atoms with Crippen molar-refractivity contribution >= 4 is 37.7 Å². The van der Waals surface area contributed by atoms with Gasteiger partial charge in [0.05, 0.1) is 5.69 Å². The predicted octanol–water partition coefficient (Wildman–Crippen LogP) is 4.30. The maximum absolute atomic E-state index is 4.69. The van der Waals surface area contributed by atoms with Crippen molar-refractivity contribution in [3.8, 4) is 0 Å². The fourth-order valence-electron chi connectivity index (χ4n) is 2.33. The average Bonchev–Trinajstić information content (AvgIpc) is 2.57. The Labute approximate surface area is 120 Å². The lowest BCUT2D eigenvalue weighted by molar-refractivity contribution is 0.621. The lowest BCUT2D eigenvalue weighted by Gasteiger charge is -2.30. The van der Waals surface area contributed by atoms with Crippen LogP contribution >= 0.6 is 31.9 Å². The number of aryl methyl sites for hydroxylation is 1. The molecule has 1 aromatic rings. The standard InChI is InChI=1S/C13H18Br2N2/c1-10-12(15)6-7-13(16-10)17-8-4-2-3-5-11(17)9-14/h6-7,11H,2-5,8-9H2,1H3. The van der Waals surface area contributed by atoms with Gasteiger partial charge in [0.15, 0.2) is 0 Å². The molecule has 2 rings (SSSR count). The molecule has 0 saturated carbocycles. The third-order valence-corrected chi connectivity index (χ3v) is 4.94. The van der Waals surface area contributed by atoms with Gasteiger partial charge in [-0.1, -0.05) is 28.8 Å². The number of hydrogen-bond acceptors (Lipinski definition) is 2. The van der Waals surface area contributed by atoms with Crippen LogP contribution in [0.4, 0.5) is 5.82 Å². The molecule has 0 aliphatic carbocycles. The van der Waals surface area contributed by atoms with E-state index in [0.29, 0.717) is 6.04 Å². The molecule has 0 N–H and O–H groups in total. The number of aromatic nitrogens is 1. The van der Waals surface area contributed by atoms with Gasteiger partial charge < -0.3 is 4.90 Å². The van der Waals surface area contributed by atoms with Crippen LogP contribution in [0.2, 0.25) is 0 Å². The Morgan fingerprint density at radius 1 is 1.35 bits per heavy atom. The van der Waals surface area contributed by atoms with Crippen LogP contribution in [0, 0.1) is 6.92 Å². The minimum absolute atomic E-state index is 0.588. The molecule has 0 aromatic carbocycles. The number of hydrogen-bond donors (Lipinski definition) is 0. The number of halogens is 2. The van der Waals surface area contributed by atoms with Crippen molar-refractivity contribution in [1.29, 1.82) is 0 Å². The largest absolute Gasteiger partial charge is 0.353 e. The normalized spacial score (nSPS) is 21.4. The summed E-state index contributed by atoms with van der Waals surface area (Å²) in [5, 5.41) is 1.03. The zero-order valence-corrected chi connectivity index (χ0v) is 13.3. The van der Waals surface area contributed by atoms with E-state index < -0.39 is 0 Å². The van der Waals surface area contributed by atoms with Gasteiger partial charge in [-0.15, -0.1) is 0 Å². The summed E-state index contributed by atoms with van der Waals surface area (Å²) in [5.41, 5.74) is 1.07. The number of nitrogens with zero attached hydrogens (tertiary/aromatic N) is 2. The van der Waals surface area contributed by atoms with E-state index in [1.165, 1.54) is 25.7 Å². The van der Waals surface area contributed by atoms with Gasteiger partial charge in [-0.2, -0.15) is 0 Å². The highest BCUT2D eigenvalue weighted by Gasteiger charge is 2.21. The molecular formula is C13H18Br2N2. The van der Waals surface area contributed by atoms with E-state index in [4.69, 9.17) is 4.98 Å². The quantitative estimate of drug-likeness (QED) is 0.730. The molecule has 0 spiro atoms. The van der Waals surface area contributed by atoms with Gasteiger partial charge in [0, 0.05) is 22.4 Å². The van der Waals surface area contributed by atoms with Crippen LogP contribution in [0.5, 0.6) is 0 Å². The first-order chi connectivity index (χ1) is 8.22. The van der Waals surface area contributed by atoms with E-state index >= 15 is 0 Å².